The fraction of sp³-hybridized carbons (Fsp3) is 0.308. The Kier molecular flexibility index (Phi) is 20.3. The Balaban J connectivity index is 0.000000295. The number of aliphatic hydroxyl groups is 1. The lowest BCUT2D eigenvalue weighted by atomic mass is 10.1. The summed E-state index contributed by atoms with van der Waals surface area (Å²) < 4.78 is 84.7. The molecule has 0 aliphatic carbocycles. The van der Waals surface area contributed by atoms with Crippen LogP contribution in [0, 0.1) is 17.5 Å². The molecule has 56 heavy (non-hydrogen) atoms. The molecule has 0 bridgehead atoms. The van der Waals surface area contributed by atoms with Crippen LogP contribution in [0.2, 0.25) is 0 Å². The summed E-state index contributed by atoms with van der Waals surface area (Å²) in [4.78, 5) is 35.8. The Hall–Kier alpha value is -5.33. The molecule has 13 nitrogen and oxygen atoms in total. The first-order chi connectivity index (χ1) is 26.6. The number of halogens is 3. The third-order valence-electron chi connectivity index (χ3n) is 7.26. The van der Waals surface area contributed by atoms with Crippen LogP contribution < -0.4 is 14.2 Å². The first kappa shape index (κ1) is 46.8. The van der Waals surface area contributed by atoms with E-state index in [4.69, 9.17) is 38.3 Å². The Bertz CT molecular complexity index is 1890. The zero-order valence-electron chi connectivity index (χ0n) is 30.5. The molecule has 0 saturated carbocycles. The van der Waals surface area contributed by atoms with Gasteiger partial charge in [-0.3, -0.25) is 0 Å². The van der Waals surface area contributed by atoms with Crippen LogP contribution in [0.5, 0.6) is 17.2 Å². The minimum absolute atomic E-state index is 0. The van der Waals surface area contributed by atoms with Crippen molar-refractivity contribution in [3.63, 3.8) is 0 Å². The summed E-state index contributed by atoms with van der Waals surface area (Å²) in [6.45, 7) is -0.794. The Labute approximate surface area is 326 Å². The van der Waals surface area contributed by atoms with E-state index in [0.29, 0.717) is 0 Å². The number of cyclic esters (lactones) is 1. The summed E-state index contributed by atoms with van der Waals surface area (Å²) in [5.41, 5.74) is 0.449. The summed E-state index contributed by atoms with van der Waals surface area (Å²) in [6, 6.07) is 17.2. The third kappa shape index (κ3) is 12.6. The molecule has 0 fully saturated rings. The van der Waals surface area contributed by atoms with Crippen molar-refractivity contribution < 1.29 is 75.3 Å². The molecule has 5 rings (SSSR count). The van der Waals surface area contributed by atoms with Gasteiger partial charge in [-0.05, 0) is 48.5 Å². The number of carbonyl (C=O) groups is 3. The number of thioether (sulfide) groups is 1. The molecule has 0 radical (unpaired) electrons. The topological polar surface area (TPSA) is 155 Å². The fourth-order valence-corrected chi connectivity index (χ4v) is 5.67. The highest BCUT2D eigenvalue weighted by molar-refractivity contribution is 7.98. The molecule has 0 saturated heterocycles. The zero-order chi connectivity index (χ0) is 40.3. The predicted octanol–water partition coefficient (Wildman–Crippen LogP) is 7.09. The van der Waals surface area contributed by atoms with Crippen LogP contribution in [0.3, 0.4) is 0 Å². The van der Waals surface area contributed by atoms with Crippen molar-refractivity contribution in [1.29, 1.82) is 0 Å². The molecule has 0 atom stereocenters. The standard InChI is InChI=1S/C17H17FO4S.C11H13FO5.C10H9FO4.CH4/c1-20-11-22-15-9-8-14(18)13(16(15)17(19)21-2)10-23-12-6-4-3-5-7-12;1-15-6-17-9-4-3-8(12)7(5-13)10(9)11(14)16-2;1-13-5-15-8-3-2-7(11)6-4-14-10(12)9(6)8;/h3-9H,10-11H2,1-2H3;3-4,13H,5-6H2,1-2H3;2-3H,4-5H2,1H3;1H4. The summed E-state index contributed by atoms with van der Waals surface area (Å²) in [6.07, 6.45) is 0. The normalized spacial score (nSPS) is 11.0. The van der Waals surface area contributed by atoms with Crippen molar-refractivity contribution in [3.05, 3.63) is 118 Å². The average Bonchev–Trinajstić information content (AvgIpc) is 3.61. The van der Waals surface area contributed by atoms with Crippen LogP contribution in [-0.2, 0) is 47.4 Å². The lowest BCUT2D eigenvalue weighted by Gasteiger charge is -2.14. The Morgan fingerprint density at radius 3 is 1.64 bits per heavy atom. The molecule has 1 heterocycles. The smallest absolute Gasteiger partial charge is 0.342 e. The van der Waals surface area contributed by atoms with E-state index < -0.39 is 42.0 Å². The molecule has 1 aliphatic rings. The van der Waals surface area contributed by atoms with Gasteiger partial charge in [0.15, 0.2) is 20.4 Å². The zero-order valence-corrected chi connectivity index (χ0v) is 31.3. The molecule has 304 valence electrons. The van der Waals surface area contributed by atoms with Gasteiger partial charge in [-0.25, -0.2) is 27.6 Å². The van der Waals surface area contributed by atoms with Crippen molar-refractivity contribution in [2.75, 3.05) is 55.9 Å². The lowest BCUT2D eigenvalue weighted by Crippen LogP contribution is -2.12. The van der Waals surface area contributed by atoms with Gasteiger partial charge in [-0.15, -0.1) is 11.8 Å². The van der Waals surface area contributed by atoms with Crippen molar-refractivity contribution in [2.24, 2.45) is 0 Å². The van der Waals surface area contributed by atoms with Crippen LogP contribution in [-0.4, -0.2) is 78.9 Å². The number of rotatable bonds is 15. The number of methoxy groups -OCH3 is 5. The van der Waals surface area contributed by atoms with Gasteiger partial charge >= 0.3 is 17.9 Å². The van der Waals surface area contributed by atoms with Crippen molar-refractivity contribution in [1.82, 2.24) is 0 Å². The van der Waals surface area contributed by atoms with Crippen LogP contribution in [0.15, 0.2) is 71.6 Å². The van der Waals surface area contributed by atoms with E-state index in [1.54, 1.807) is 0 Å². The van der Waals surface area contributed by atoms with E-state index in [0.717, 1.165) is 18.1 Å². The average molecular weight is 809 g/mol. The highest BCUT2D eigenvalue weighted by atomic mass is 32.2. The summed E-state index contributed by atoms with van der Waals surface area (Å²) in [5, 5.41) is 9.06. The lowest BCUT2D eigenvalue weighted by molar-refractivity contribution is 0.0452. The molecule has 1 aliphatic heterocycles. The number of benzene rings is 4. The number of hydrogen-bond donors (Lipinski definition) is 1. The van der Waals surface area contributed by atoms with Gasteiger partial charge in [0.1, 0.15) is 58.0 Å². The molecule has 0 aromatic heterocycles. The van der Waals surface area contributed by atoms with Crippen LogP contribution in [0.4, 0.5) is 13.2 Å². The summed E-state index contributed by atoms with van der Waals surface area (Å²) in [5.74, 6) is -2.69. The third-order valence-corrected chi connectivity index (χ3v) is 8.30. The Morgan fingerprint density at radius 2 is 1.14 bits per heavy atom. The molecular formula is C39H43F3O13S. The summed E-state index contributed by atoms with van der Waals surface area (Å²) >= 11 is 1.43. The number of esters is 3. The van der Waals surface area contributed by atoms with Gasteiger partial charge in [0.25, 0.3) is 0 Å². The largest absolute Gasteiger partial charge is 0.467 e. The molecular weight excluding hydrogens is 765 g/mol. The van der Waals surface area contributed by atoms with E-state index in [9.17, 15) is 27.6 Å². The maximum atomic E-state index is 14.2. The van der Waals surface area contributed by atoms with Gasteiger partial charge in [0.2, 0.25) is 0 Å². The molecule has 4 aromatic carbocycles. The van der Waals surface area contributed by atoms with Gasteiger partial charge in [0.05, 0.1) is 20.8 Å². The molecule has 0 spiro atoms. The second kappa shape index (κ2) is 24.2. The van der Waals surface area contributed by atoms with E-state index in [2.05, 4.69) is 9.47 Å². The van der Waals surface area contributed by atoms with Crippen LogP contribution >= 0.6 is 11.8 Å². The first-order valence-electron chi connectivity index (χ1n) is 16.0. The highest BCUT2D eigenvalue weighted by Gasteiger charge is 2.29. The predicted molar refractivity (Wildman–Crippen MR) is 197 cm³/mol. The first-order valence-corrected chi connectivity index (χ1v) is 17.0. The summed E-state index contributed by atoms with van der Waals surface area (Å²) in [7, 11) is 6.75. The second-order valence-electron chi connectivity index (χ2n) is 10.7. The van der Waals surface area contributed by atoms with Crippen molar-refractivity contribution >= 4 is 29.7 Å². The van der Waals surface area contributed by atoms with Gasteiger partial charge < -0.3 is 47.7 Å². The maximum absolute atomic E-state index is 14.2. The maximum Gasteiger partial charge on any atom is 0.342 e. The molecule has 0 unspecified atom stereocenters. The Morgan fingerprint density at radius 1 is 0.679 bits per heavy atom. The fourth-order valence-electron chi connectivity index (χ4n) is 4.73. The van der Waals surface area contributed by atoms with Gasteiger partial charge in [0, 0.05) is 48.7 Å². The number of hydrogen-bond acceptors (Lipinski definition) is 14. The van der Waals surface area contributed by atoms with E-state index in [1.807, 2.05) is 30.3 Å². The number of fused-ring (bicyclic) bond motifs is 1. The minimum atomic E-state index is -0.778. The molecule has 1 N–H and O–H groups in total. The van der Waals surface area contributed by atoms with Gasteiger partial charge in [-0.2, -0.15) is 0 Å². The van der Waals surface area contributed by atoms with Crippen LogP contribution in [0.25, 0.3) is 0 Å². The highest BCUT2D eigenvalue weighted by Crippen LogP contribution is 2.33. The van der Waals surface area contributed by atoms with Gasteiger partial charge in [-0.1, -0.05) is 25.6 Å². The second-order valence-corrected chi connectivity index (χ2v) is 11.7. The molecule has 0 amide bonds. The monoisotopic (exact) mass is 808 g/mol. The van der Waals surface area contributed by atoms with Crippen molar-refractivity contribution in [3.8, 4) is 17.2 Å². The SMILES string of the molecule is C.COCOc1ccc(F)c(CO)c1C(=O)OC.COCOc1ccc(F)c(CSc2ccccc2)c1C(=O)OC.COCOc1ccc(F)c2c1C(=O)OC2. The number of ether oxygens (including phenoxy) is 9. The number of aliphatic hydroxyl groups excluding tert-OH is 1. The quantitative estimate of drug-likeness (QED) is 0.0563. The van der Waals surface area contributed by atoms with Crippen LogP contribution in [0.1, 0.15) is 55.2 Å². The van der Waals surface area contributed by atoms with E-state index in [-0.39, 0.29) is 90.8 Å². The van der Waals surface area contributed by atoms with E-state index >= 15 is 0 Å². The van der Waals surface area contributed by atoms with E-state index in [1.165, 1.54) is 70.5 Å². The minimum Gasteiger partial charge on any atom is -0.467 e. The molecule has 4 aromatic rings. The van der Waals surface area contributed by atoms with Crippen molar-refractivity contribution in [2.45, 2.75) is 31.3 Å². The molecule has 17 heteroatoms. The number of carbonyl (C=O) groups excluding carboxylic acids is 3.